The maximum atomic E-state index is 4.42. The summed E-state index contributed by atoms with van der Waals surface area (Å²) in [5, 5.41) is 0. The first-order valence-corrected chi connectivity index (χ1v) is 5.64. The molecule has 1 aromatic heterocycles. The van der Waals surface area contributed by atoms with E-state index in [4.69, 9.17) is 0 Å². The van der Waals surface area contributed by atoms with Crippen LogP contribution < -0.4 is 0 Å². The Labute approximate surface area is 95.4 Å². The van der Waals surface area contributed by atoms with Crippen molar-refractivity contribution in [3.05, 3.63) is 48.4 Å². The smallest absolute Gasteiger partial charge is 0.0342 e. The van der Waals surface area contributed by atoms with Crippen molar-refractivity contribution in [3.8, 4) is 0 Å². The fourth-order valence-corrected chi connectivity index (χ4v) is 2.19. The number of pyridine rings is 1. The molecule has 16 heavy (non-hydrogen) atoms. The van der Waals surface area contributed by atoms with Crippen LogP contribution in [0.25, 0.3) is 5.57 Å². The summed E-state index contributed by atoms with van der Waals surface area (Å²) >= 11 is 0. The molecule has 0 saturated heterocycles. The third-order valence-corrected chi connectivity index (χ3v) is 3.53. The van der Waals surface area contributed by atoms with Crippen LogP contribution in [0, 0.1) is 11.3 Å². The summed E-state index contributed by atoms with van der Waals surface area (Å²) in [7, 11) is 0. The zero-order valence-electron chi connectivity index (χ0n) is 9.30. The molecule has 2 nitrogen and oxygen atoms in total. The summed E-state index contributed by atoms with van der Waals surface area (Å²) in [5.74, 6) is 0.734. The van der Waals surface area contributed by atoms with Crippen molar-refractivity contribution in [1.29, 1.82) is 0 Å². The molecule has 2 unspecified atom stereocenters. The number of aliphatic imine (C=N–C) groups is 1. The van der Waals surface area contributed by atoms with Gasteiger partial charge in [0.15, 0.2) is 0 Å². The van der Waals surface area contributed by atoms with Gasteiger partial charge in [0.2, 0.25) is 0 Å². The van der Waals surface area contributed by atoms with Crippen LogP contribution in [0.1, 0.15) is 18.9 Å². The monoisotopic (exact) mass is 210 g/mol. The summed E-state index contributed by atoms with van der Waals surface area (Å²) in [5.41, 5.74) is 2.58. The van der Waals surface area contributed by atoms with Gasteiger partial charge in [0, 0.05) is 30.2 Å². The minimum absolute atomic E-state index is 0.241. The molecule has 1 aliphatic carbocycles. The molecule has 3 rings (SSSR count). The molecule has 1 aliphatic heterocycles. The van der Waals surface area contributed by atoms with Crippen LogP contribution >= 0.6 is 0 Å². The van der Waals surface area contributed by atoms with Gasteiger partial charge in [0.1, 0.15) is 0 Å². The molecular formula is C14H14N2. The largest absolute Gasteiger partial charge is 0.268 e. The van der Waals surface area contributed by atoms with E-state index >= 15 is 0 Å². The first-order valence-electron chi connectivity index (χ1n) is 5.64. The first kappa shape index (κ1) is 9.52. The normalized spacial score (nSPS) is 31.3. The maximum absolute atomic E-state index is 4.42. The minimum Gasteiger partial charge on any atom is -0.268 e. The zero-order valence-corrected chi connectivity index (χ0v) is 9.30. The number of rotatable bonds is 1. The van der Waals surface area contributed by atoms with Gasteiger partial charge in [-0.15, -0.1) is 0 Å². The Kier molecular flexibility index (Phi) is 2.03. The van der Waals surface area contributed by atoms with Crippen molar-refractivity contribution >= 4 is 11.8 Å². The Morgan fingerprint density at radius 2 is 2.06 bits per heavy atom. The summed E-state index contributed by atoms with van der Waals surface area (Å²) in [6, 6.07) is 4.03. The van der Waals surface area contributed by atoms with Gasteiger partial charge in [0.25, 0.3) is 0 Å². The topological polar surface area (TPSA) is 25.2 Å². The molecule has 0 bridgehead atoms. The lowest BCUT2D eigenvalue weighted by molar-refractivity contribution is 0.807. The Morgan fingerprint density at radius 3 is 2.75 bits per heavy atom. The molecule has 0 amide bonds. The number of hydrogen-bond donors (Lipinski definition) is 0. The fraction of sp³-hybridized carbons (Fsp3) is 0.286. The van der Waals surface area contributed by atoms with E-state index in [-0.39, 0.29) is 5.41 Å². The van der Waals surface area contributed by atoms with Gasteiger partial charge in [-0.25, -0.2) is 0 Å². The van der Waals surface area contributed by atoms with Gasteiger partial charge in [0.05, 0.1) is 0 Å². The highest BCUT2D eigenvalue weighted by molar-refractivity contribution is 5.82. The number of nitrogens with zero attached hydrogens (tertiary/aromatic N) is 2. The van der Waals surface area contributed by atoms with Gasteiger partial charge < -0.3 is 0 Å². The molecule has 2 atom stereocenters. The summed E-state index contributed by atoms with van der Waals surface area (Å²) in [6.07, 6.45) is 13.4. The molecule has 0 N–H and O–H groups in total. The van der Waals surface area contributed by atoms with Crippen molar-refractivity contribution in [2.75, 3.05) is 0 Å². The molecule has 80 valence electrons. The van der Waals surface area contributed by atoms with E-state index in [1.165, 1.54) is 12.0 Å². The molecule has 1 fully saturated rings. The maximum Gasteiger partial charge on any atom is 0.0342 e. The van der Waals surface area contributed by atoms with Gasteiger partial charge >= 0.3 is 0 Å². The van der Waals surface area contributed by atoms with Crippen molar-refractivity contribution in [1.82, 2.24) is 4.98 Å². The van der Waals surface area contributed by atoms with E-state index < -0.39 is 0 Å². The average Bonchev–Trinajstić information content (AvgIpc) is 3.01. The fourth-order valence-electron chi connectivity index (χ4n) is 2.19. The zero-order chi connectivity index (χ0) is 11.0. The number of aromatic nitrogens is 1. The first-order chi connectivity index (χ1) is 7.80. The lowest BCUT2D eigenvalue weighted by Crippen LogP contribution is -1.98. The Bertz CT molecular complexity index is 485. The third kappa shape index (κ3) is 1.51. The molecule has 2 heterocycles. The molecule has 2 aliphatic rings. The number of allylic oxidation sites excluding steroid dienone is 3. The Morgan fingerprint density at radius 1 is 1.31 bits per heavy atom. The standard InChI is InChI=1S/C14H14N2/c1-11-8-14(11)5-2-13(9-16-10-14)12-3-6-15-7-4-12/h2-7,9-11H,8H2,1H3. The lowest BCUT2D eigenvalue weighted by atomic mass is 10.0. The third-order valence-electron chi connectivity index (χ3n) is 3.53. The Hall–Kier alpha value is -1.70. The molecule has 1 saturated carbocycles. The highest BCUT2D eigenvalue weighted by Crippen LogP contribution is 2.52. The molecule has 0 radical (unpaired) electrons. The van der Waals surface area contributed by atoms with Crippen LogP contribution in [0.3, 0.4) is 0 Å². The highest BCUT2D eigenvalue weighted by atomic mass is 14.7. The van der Waals surface area contributed by atoms with E-state index in [0.29, 0.717) is 0 Å². The second-order valence-corrected chi connectivity index (χ2v) is 4.65. The molecule has 1 aromatic rings. The van der Waals surface area contributed by atoms with E-state index in [1.54, 1.807) is 0 Å². The van der Waals surface area contributed by atoms with Crippen LogP contribution in [0.2, 0.25) is 0 Å². The van der Waals surface area contributed by atoms with Crippen LogP contribution in [-0.2, 0) is 0 Å². The van der Waals surface area contributed by atoms with Gasteiger partial charge in [-0.2, -0.15) is 0 Å². The predicted molar refractivity (Wildman–Crippen MR) is 66.1 cm³/mol. The van der Waals surface area contributed by atoms with Crippen molar-refractivity contribution < 1.29 is 0 Å². The van der Waals surface area contributed by atoms with Crippen LogP contribution in [0.5, 0.6) is 0 Å². The van der Waals surface area contributed by atoms with E-state index in [1.807, 2.05) is 30.7 Å². The van der Waals surface area contributed by atoms with E-state index in [2.05, 4.69) is 35.3 Å². The minimum atomic E-state index is 0.241. The van der Waals surface area contributed by atoms with Crippen LogP contribution in [0.4, 0.5) is 0 Å². The predicted octanol–water partition coefficient (Wildman–Crippen LogP) is 3.09. The van der Waals surface area contributed by atoms with Crippen molar-refractivity contribution in [2.45, 2.75) is 13.3 Å². The molecule has 0 aromatic carbocycles. The molecule has 2 heteroatoms. The average molecular weight is 210 g/mol. The molecular weight excluding hydrogens is 196 g/mol. The van der Waals surface area contributed by atoms with Crippen LogP contribution in [-0.4, -0.2) is 11.2 Å². The van der Waals surface area contributed by atoms with Gasteiger partial charge in [-0.1, -0.05) is 19.1 Å². The van der Waals surface area contributed by atoms with Gasteiger partial charge in [-0.05, 0) is 35.6 Å². The SMILES string of the molecule is CC1CC12C=CC(c1ccncc1)=CN=C2. The summed E-state index contributed by atoms with van der Waals surface area (Å²) < 4.78 is 0. The van der Waals surface area contributed by atoms with Crippen molar-refractivity contribution in [2.24, 2.45) is 16.3 Å². The van der Waals surface area contributed by atoms with E-state index in [0.717, 1.165) is 11.5 Å². The van der Waals surface area contributed by atoms with Crippen LogP contribution in [0.15, 0.2) is 47.9 Å². The highest BCUT2D eigenvalue weighted by Gasteiger charge is 2.47. The van der Waals surface area contributed by atoms with E-state index in [9.17, 15) is 0 Å². The summed E-state index contributed by atoms with van der Waals surface area (Å²) in [6.45, 7) is 2.27. The quantitative estimate of drug-likeness (QED) is 0.699. The lowest BCUT2D eigenvalue weighted by Gasteiger charge is -2.01. The summed E-state index contributed by atoms with van der Waals surface area (Å²) in [4.78, 5) is 8.45. The second-order valence-electron chi connectivity index (χ2n) is 4.65. The van der Waals surface area contributed by atoms with Gasteiger partial charge in [-0.3, -0.25) is 9.98 Å². The second kappa shape index (κ2) is 3.41. The Balaban J connectivity index is 1.92. The van der Waals surface area contributed by atoms with Crippen molar-refractivity contribution in [3.63, 3.8) is 0 Å². The number of hydrogen-bond acceptors (Lipinski definition) is 2. The molecule has 1 spiro atoms.